The molecule has 0 spiro atoms. The van der Waals surface area contributed by atoms with Crippen LogP contribution in [0.25, 0.3) is 0 Å². The summed E-state index contributed by atoms with van der Waals surface area (Å²) in [6, 6.07) is 0. The molecule has 0 saturated carbocycles. The zero-order chi connectivity index (χ0) is 0. The molecule has 0 unspecified atom stereocenters. The third kappa shape index (κ3) is 177. The van der Waals surface area contributed by atoms with Crippen molar-refractivity contribution in [1.82, 2.24) is 0 Å². The smallest absolute Gasteiger partial charge is 2.00 e. The predicted octanol–water partition coefficient (Wildman–Crippen LogP) is -2.74. The molecule has 0 amide bonds. The van der Waals surface area contributed by atoms with Crippen molar-refractivity contribution in [1.29, 1.82) is 0 Å². The van der Waals surface area contributed by atoms with Crippen LogP contribution in [0.5, 0.6) is 0 Å². The van der Waals surface area contributed by atoms with Crippen LogP contribution in [0.2, 0.25) is 0 Å². The van der Waals surface area contributed by atoms with E-state index in [4.69, 9.17) is 0 Å². The van der Waals surface area contributed by atoms with E-state index >= 15 is 0 Å². The number of rotatable bonds is 0. The van der Waals surface area contributed by atoms with Crippen LogP contribution in [0.4, 0.5) is 0 Å². The molecule has 12 heavy (non-hydrogen) atoms. The summed E-state index contributed by atoms with van der Waals surface area (Å²) >= 11 is 0. The van der Waals surface area contributed by atoms with Gasteiger partial charge in [-0.2, -0.15) is 0 Å². The first-order chi connectivity index (χ1) is 0. The second-order valence-corrected chi connectivity index (χ2v) is 0. The summed E-state index contributed by atoms with van der Waals surface area (Å²) in [6.45, 7) is 0. The topological polar surface area (TPSA) is 200 Å². The van der Waals surface area contributed by atoms with Crippen molar-refractivity contribution in [3.05, 3.63) is 0 Å². The normalized spacial score (nSPS) is 0. The summed E-state index contributed by atoms with van der Waals surface area (Å²) in [7, 11) is 0. The minimum absolute atomic E-state index is 0. The van der Waals surface area contributed by atoms with E-state index in [1.165, 1.54) is 0 Å². The minimum Gasteiger partial charge on any atom is -2.00 e. The molecule has 0 aromatic heterocycles. The number of hydrogen-bond acceptors (Lipinski definition) is 0. The third-order valence-corrected chi connectivity index (χ3v) is 0. The van der Waals surface area contributed by atoms with Crippen molar-refractivity contribution in [2.45, 2.75) is 0 Å². The molecule has 0 aliphatic rings. The molecule has 0 rings (SSSR count). The fourth-order valence-corrected chi connectivity index (χ4v) is 0. The van der Waals surface area contributed by atoms with E-state index in [0.717, 1.165) is 0 Å². The second kappa shape index (κ2) is 222. The summed E-state index contributed by atoms with van der Waals surface area (Å²) in [6.07, 6.45) is 0. The van der Waals surface area contributed by atoms with Gasteiger partial charge in [0.1, 0.15) is 0 Å². The summed E-state index contributed by atoms with van der Waals surface area (Å²) < 4.78 is 0. The van der Waals surface area contributed by atoms with Crippen molar-refractivity contribution in [2.75, 3.05) is 0 Å². The summed E-state index contributed by atoms with van der Waals surface area (Å²) in [5.41, 5.74) is 0. The molecule has 12 heteroatoms. The molecular weight excluding hydrogens is 357 g/mol. The van der Waals surface area contributed by atoms with Gasteiger partial charge in [0.05, 0.1) is 0 Å². The standard InChI is InChI=1S/4Al.Ba.7O/q4*+3;+2;7*-2. The summed E-state index contributed by atoms with van der Waals surface area (Å²) in [5, 5.41) is 0. The van der Waals surface area contributed by atoms with Gasteiger partial charge in [-0.05, 0) is 0 Å². The van der Waals surface area contributed by atoms with Crippen LogP contribution < -0.4 is 0 Å². The van der Waals surface area contributed by atoms with E-state index in [1.807, 2.05) is 0 Å². The summed E-state index contributed by atoms with van der Waals surface area (Å²) in [4.78, 5) is 0. The van der Waals surface area contributed by atoms with Gasteiger partial charge in [0.2, 0.25) is 0 Å². The average molecular weight is 357 g/mol. The van der Waals surface area contributed by atoms with E-state index in [-0.39, 0.29) is 157 Å². The first-order valence-electron chi connectivity index (χ1n) is 0. The maximum absolute atomic E-state index is 0. The molecule has 0 saturated heterocycles. The third-order valence-electron chi connectivity index (χ3n) is 0. The fraction of sp³-hybridized carbons (Fsp3) is 0. The fourth-order valence-electron chi connectivity index (χ4n) is 0. The van der Waals surface area contributed by atoms with Gasteiger partial charge < -0.3 is 38.3 Å². The van der Waals surface area contributed by atoms with Crippen molar-refractivity contribution in [2.24, 2.45) is 0 Å². The van der Waals surface area contributed by atoms with Gasteiger partial charge in [0.25, 0.3) is 0 Å². The molecule has 0 aliphatic heterocycles. The molecular formula is Al4BaO7. The Balaban J connectivity index is 0. The van der Waals surface area contributed by atoms with Crippen LogP contribution in [-0.4, -0.2) is 118 Å². The first-order valence-corrected chi connectivity index (χ1v) is 0. The Morgan fingerprint density at radius 1 is 0.250 bits per heavy atom. The maximum Gasteiger partial charge on any atom is 3.00 e. The van der Waals surface area contributed by atoms with Gasteiger partial charge in [-0.15, -0.1) is 0 Å². The molecule has 0 bridgehead atoms. The van der Waals surface area contributed by atoms with E-state index in [0.29, 0.717) is 0 Å². The van der Waals surface area contributed by atoms with Gasteiger partial charge in [0, 0.05) is 0 Å². The van der Waals surface area contributed by atoms with Crippen molar-refractivity contribution < 1.29 is 38.3 Å². The zero-order valence-corrected chi connectivity index (χ0v) is 14.9. The monoisotopic (exact) mass is 358 g/mol. The second-order valence-electron chi connectivity index (χ2n) is 0. The molecule has 0 aliphatic carbocycles. The zero-order valence-electron chi connectivity index (χ0n) is 5.87. The Morgan fingerprint density at radius 3 is 0.250 bits per heavy atom. The van der Waals surface area contributed by atoms with Crippen molar-refractivity contribution >= 4 is 118 Å². The predicted molar refractivity (Wildman–Crippen MR) is 33.6 cm³/mol. The molecule has 0 atom stereocenters. The molecule has 0 aromatic rings. The number of hydrogen-bond donors (Lipinski definition) is 0. The van der Waals surface area contributed by atoms with Crippen LogP contribution >= 0.6 is 0 Å². The summed E-state index contributed by atoms with van der Waals surface area (Å²) in [5.74, 6) is 0. The van der Waals surface area contributed by atoms with E-state index in [2.05, 4.69) is 0 Å². The Morgan fingerprint density at radius 2 is 0.250 bits per heavy atom. The molecule has 56 valence electrons. The van der Waals surface area contributed by atoms with Crippen molar-refractivity contribution in [3.63, 3.8) is 0 Å². The maximum atomic E-state index is 0. The van der Waals surface area contributed by atoms with Gasteiger partial charge in [-0.25, -0.2) is 0 Å². The Hall–Kier alpha value is 3.42. The van der Waals surface area contributed by atoms with Gasteiger partial charge in [-0.3, -0.25) is 0 Å². The van der Waals surface area contributed by atoms with Crippen LogP contribution in [0.3, 0.4) is 0 Å². The van der Waals surface area contributed by atoms with Crippen LogP contribution in [0, 0.1) is 0 Å². The molecule has 0 heterocycles. The molecule has 0 N–H and O–H groups in total. The largest absolute Gasteiger partial charge is 3.00 e. The van der Waals surface area contributed by atoms with Crippen LogP contribution in [-0.2, 0) is 38.3 Å². The van der Waals surface area contributed by atoms with E-state index in [9.17, 15) is 0 Å². The molecule has 0 radical (unpaired) electrons. The molecule has 0 fully saturated rings. The van der Waals surface area contributed by atoms with Gasteiger partial charge in [0.15, 0.2) is 0 Å². The minimum atomic E-state index is 0. The Bertz CT molecular complexity index is 15.4. The average Bonchev–Trinajstić information content (AvgIpc) is 0. The molecule has 7 nitrogen and oxygen atoms in total. The Labute approximate surface area is 154 Å². The van der Waals surface area contributed by atoms with E-state index in [1.54, 1.807) is 0 Å². The van der Waals surface area contributed by atoms with Gasteiger partial charge in [-0.1, -0.05) is 0 Å². The van der Waals surface area contributed by atoms with Gasteiger partial charge >= 0.3 is 118 Å². The first kappa shape index (κ1) is 274. The van der Waals surface area contributed by atoms with Crippen LogP contribution in [0.1, 0.15) is 0 Å². The van der Waals surface area contributed by atoms with E-state index < -0.39 is 0 Å². The van der Waals surface area contributed by atoms with Crippen LogP contribution in [0.15, 0.2) is 0 Å². The Kier molecular flexibility index (Phi) is 5070. The SMILES string of the molecule is [Al+3].[Al+3].[Al+3].[Al+3].[Ba+2].[O-2].[O-2].[O-2].[O-2].[O-2].[O-2].[O-2]. The van der Waals surface area contributed by atoms with Crippen molar-refractivity contribution in [3.8, 4) is 0 Å². The quantitative estimate of drug-likeness (QED) is 0.405. The molecule has 0 aromatic carbocycles.